The van der Waals surface area contributed by atoms with E-state index in [2.05, 4.69) is 16.8 Å². The molecule has 1 atom stereocenters. The Balaban J connectivity index is 1.68. The van der Waals surface area contributed by atoms with Crippen molar-refractivity contribution >= 4 is 28.8 Å². The quantitative estimate of drug-likeness (QED) is 0.207. The Bertz CT molecular complexity index is 1540. The molecule has 1 aliphatic heterocycles. The van der Waals surface area contributed by atoms with Crippen LogP contribution in [0.2, 0.25) is 0 Å². The average Bonchev–Trinajstić information content (AvgIpc) is 3.27. The normalized spacial score (nSPS) is 15.3. The number of nitrogens with zero attached hydrogens (tertiary/aromatic N) is 6. The topological polar surface area (TPSA) is 161 Å². The molecule has 13 heteroatoms. The number of nitro groups is 1. The van der Waals surface area contributed by atoms with Crippen LogP contribution in [0.15, 0.2) is 33.9 Å². The number of rotatable bonds is 7. The lowest BCUT2D eigenvalue weighted by Gasteiger charge is -2.31. The van der Waals surface area contributed by atoms with Gasteiger partial charge in [0.25, 0.3) is 11.2 Å². The molecule has 37 heavy (non-hydrogen) atoms. The fraction of sp³-hybridized carbons (Fsp3) is 0.417. The van der Waals surface area contributed by atoms with Gasteiger partial charge in [0.05, 0.1) is 11.5 Å². The average molecular weight is 510 g/mol. The van der Waals surface area contributed by atoms with Gasteiger partial charge in [-0.15, -0.1) is 5.92 Å². The summed E-state index contributed by atoms with van der Waals surface area (Å²) in [6, 6.07) is 5.61. The highest BCUT2D eigenvalue weighted by Gasteiger charge is 2.26. The van der Waals surface area contributed by atoms with Gasteiger partial charge in [-0.1, -0.05) is 18.1 Å². The van der Waals surface area contributed by atoms with Crippen molar-refractivity contribution in [2.75, 3.05) is 18.0 Å². The summed E-state index contributed by atoms with van der Waals surface area (Å²) in [4.78, 5) is 56.1. The van der Waals surface area contributed by atoms with Gasteiger partial charge < -0.3 is 15.4 Å². The Hall–Kier alpha value is -4.44. The van der Waals surface area contributed by atoms with Crippen LogP contribution in [0.4, 0.5) is 11.6 Å². The standard InChI is InChI=1S/C24H27N7O6/c1-3-4-11-29-20-21(26-23(29)28-10-6-8-17(25)13-28)27(2)24(34)30(22(20)33)14-19(32)37-15-16-7-5-9-18(12-16)31(35)36/h5,7,9,12,17H,6,8,10-11,13-15,25H2,1-2H3. The molecule has 0 bridgehead atoms. The molecule has 0 radical (unpaired) electrons. The molecule has 1 unspecified atom stereocenters. The third-order valence-electron chi connectivity index (χ3n) is 6.18. The Labute approximate surface area is 211 Å². The minimum Gasteiger partial charge on any atom is -0.459 e. The Morgan fingerprint density at radius 3 is 2.81 bits per heavy atom. The number of imidazole rings is 1. The monoisotopic (exact) mass is 509 g/mol. The first-order valence-electron chi connectivity index (χ1n) is 11.7. The number of aryl methyl sites for hydroxylation is 1. The lowest BCUT2D eigenvalue weighted by molar-refractivity contribution is -0.384. The lowest BCUT2D eigenvalue weighted by Crippen LogP contribution is -2.44. The second-order valence-electron chi connectivity index (χ2n) is 8.77. The molecular formula is C24H27N7O6. The van der Waals surface area contributed by atoms with Crippen LogP contribution in [-0.4, -0.2) is 48.7 Å². The smallest absolute Gasteiger partial charge is 0.333 e. The van der Waals surface area contributed by atoms with E-state index in [1.807, 2.05) is 4.90 Å². The zero-order valence-corrected chi connectivity index (χ0v) is 20.5. The number of nitrogens with two attached hydrogens (primary N) is 1. The molecule has 3 heterocycles. The Morgan fingerprint density at radius 2 is 2.11 bits per heavy atom. The molecule has 2 N–H and O–H groups in total. The van der Waals surface area contributed by atoms with E-state index in [1.54, 1.807) is 17.6 Å². The molecule has 13 nitrogen and oxygen atoms in total. The molecule has 2 aromatic heterocycles. The van der Waals surface area contributed by atoms with Crippen molar-refractivity contribution in [2.24, 2.45) is 12.8 Å². The van der Waals surface area contributed by atoms with Gasteiger partial charge in [-0.2, -0.15) is 4.98 Å². The van der Waals surface area contributed by atoms with E-state index in [0.717, 1.165) is 17.4 Å². The summed E-state index contributed by atoms with van der Waals surface area (Å²) in [5, 5.41) is 11.0. The number of ether oxygens (including phenoxy) is 1. The van der Waals surface area contributed by atoms with Crippen molar-refractivity contribution in [2.45, 2.75) is 45.5 Å². The van der Waals surface area contributed by atoms with Crippen molar-refractivity contribution in [1.82, 2.24) is 18.7 Å². The lowest BCUT2D eigenvalue weighted by atomic mass is 10.1. The van der Waals surface area contributed by atoms with Crippen LogP contribution in [0.3, 0.4) is 0 Å². The molecular weight excluding hydrogens is 482 g/mol. The van der Waals surface area contributed by atoms with Crippen molar-refractivity contribution in [3.63, 3.8) is 0 Å². The molecule has 0 amide bonds. The fourth-order valence-corrected chi connectivity index (χ4v) is 4.34. The minimum absolute atomic E-state index is 0.0411. The number of non-ortho nitro benzene ring substituents is 1. The maximum Gasteiger partial charge on any atom is 0.333 e. The van der Waals surface area contributed by atoms with Gasteiger partial charge in [0, 0.05) is 38.3 Å². The number of fused-ring (bicyclic) bond motifs is 1. The predicted octanol–water partition coefficient (Wildman–Crippen LogP) is 0.499. The molecule has 1 saturated heterocycles. The summed E-state index contributed by atoms with van der Waals surface area (Å²) in [5.41, 5.74) is 5.32. The number of nitro benzene ring substituents is 1. The van der Waals surface area contributed by atoms with E-state index in [1.165, 1.54) is 29.8 Å². The van der Waals surface area contributed by atoms with Gasteiger partial charge in [-0.05, 0) is 25.3 Å². The number of piperidine rings is 1. The molecule has 1 fully saturated rings. The van der Waals surface area contributed by atoms with E-state index < -0.39 is 28.7 Å². The van der Waals surface area contributed by atoms with Crippen LogP contribution in [0.1, 0.15) is 25.3 Å². The van der Waals surface area contributed by atoms with Gasteiger partial charge in [0.2, 0.25) is 5.95 Å². The van der Waals surface area contributed by atoms with E-state index in [-0.39, 0.29) is 36.0 Å². The molecule has 194 valence electrons. The highest BCUT2D eigenvalue weighted by molar-refractivity contribution is 5.76. The number of carbonyl (C=O) groups excluding carboxylic acids is 1. The third kappa shape index (κ3) is 5.24. The number of benzene rings is 1. The number of carbonyl (C=O) groups is 1. The summed E-state index contributed by atoms with van der Waals surface area (Å²) in [6.45, 7) is 2.21. The second-order valence-corrected chi connectivity index (χ2v) is 8.77. The number of esters is 1. The highest BCUT2D eigenvalue weighted by Crippen LogP contribution is 2.23. The van der Waals surface area contributed by atoms with Gasteiger partial charge in [0.15, 0.2) is 11.2 Å². The van der Waals surface area contributed by atoms with Crippen molar-refractivity contribution in [1.29, 1.82) is 0 Å². The molecule has 1 aliphatic rings. The van der Waals surface area contributed by atoms with Crippen LogP contribution in [-0.2, 0) is 36.3 Å². The van der Waals surface area contributed by atoms with Gasteiger partial charge in [0.1, 0.15) is 13.2 Å². The fourth-order valence-electron chi connectivity index (χ4n) is 4.34. The van der Waals surface area contributed by atoms with E-state index in [0.29, 0.717) is 24.6 Å². The summed E-state index contributed by atoms with van der Waals surface area (Å²) in [6.07, 6.45) is 1.75. The second kappa shape index (κ2) is 10.7. The van der Waals surface area contributed by atoms with Gasteiger partial charge >= 0.3 is 11.7 Å². The Morgan fingerprint density at radius 1 is 1.32 bits per heavy atom. The molecule has 0 aliphatic carbocycles. The molecule has 3 aromatic rings. The largest absolute Gasteiger partial charge is 0.459 e. The first-order valence-corrected chi connectivity index (χ1v) is 11.7. The van der Waals surface area contributed by atoms with Gasteiger partial charge in [-0.25, -0.2) is 9.36 Å². The third-order valence-corrected chi connectivity index (χ3v) is 6.18. The highest BCUT2D eigenvalue weighted by atomic mass is 16.6. The zero-order valence-electron chi connectivity index (χ0n) is 20.5. The number of aromatic nitrogens is 4. The summed E-state index contributed by atoms with van der Waals surface area (Å²) >= 11 is 0. The number of anilines is 1. The summed E-state index contributed by atoms with van der Waals surface area (Å²) in [7, 11) is 1.48. The van der Waals surface area contributed by atoms with Gasteiger partial charge in [-0.3, -0.25) is 28.8 Å². The van der Waals surface area contributed by atoms with Crippen LogP contribution in [0.25, 0.3) is 11.2 Å². The maximum absolute atomic E-state index is 13.5. The number of hydrogen-bond donors (Lipinski definition) is 1. The van der Waals surface area contributed by atoms with Crippen LogP contribution >= 0.6 is 0 Å². The molecule has 1 aromatic carbocycles. The van der Waals surface area contributed by atoms with Crippen molar-refractivity contribution in [3.8, 4) is 11.8 Å². The Kier molecular flexibility index (Phi) is 7.40. The van der Waals surface area contributed by atoms with Crippen molar-refractivity contribution in [3.05, 3.63) is 60.8 Å². The zero-order chi connectivity index (χ0) is 26.7. The predicted molar refractivity (Wildman–Crippen MR) is 135 cm³/mol. The SMILES string of the molecule is CC#CCn1c(N2CCCC(N)C2)nc2c1c(=O)n(CC(=O)OCc1cccc([N+](=O)[O-])c1)c(=O)n2C. The van der Waals surface area contributed by atoms with E-state index in [4.69, 9.17) is 10.5 Å². The molecule has 0 saturated carbocycles. The summed E-state index contributed by atoms with van der Waals surface area (Å²) < 4.78 is 8.86. The minimum atomic E-state index is -0.841. The number of hydrogen-bond acceptors (Lipinski definition) is 9. The summed E-state index contributed by atoms with van der Waals surface area (Å²) in [5.74, 6) is 5.41. The van der Waals surface area contributed by atoms with Crippen LogP contribution < -0.4 is 21.9 Å². The van der Waals surface area contributed by atoms with E-state index >= 15 is 0 Å². The van der Waals surface area contributed by atoms with E-state index in [9.17, 15) is 24.5 Å². The molecule has 0 spiro atoms. The van der Waals surface area contributed by atoms with Crippen LogP contribution in [0, 0.1) is 22.0 Å². The maximum atomic E-state index is 13.5. The van der Waals surface area contributed by atoms with Crippen LogP contribution in [0.5, 0.6) is 0 Å². The van der Waals surface area contributed by atoms with Crippen molar-refractivity contribution < 1.29 is 14.5 Å². The first-order chi connectivity index (χ1) is 17.7. The molecule has 4 rings (SSSR count). The first kappa shape index (κ1) is 25.6.